The summed E-state index contributed by atoms with van der Waals surface area (Å²) in [5, 5.41) is 7.84. The summed E-state index contributed by atoms with van der Waals surface area (Å²) in [6, 6.07) is 5.25. The Labute approximate surface area is 150 Å². The first-order chi connectivity index (χ1) is 11.6. The lowest BCUT2D eigenvalue weighted by Gasteiger charge is -2.26. The molecule has 0 spiro atoms. The van der Waals surface area contributed by atoms with E-state index >= 15 is 0 Å². The summed E-state index contributed by atoms with van der Waals surface area (Å²) >= 11 is 11.9. The van der Waals surface area contributed by atoms with Gasteiger partial charge in [-0.3, -0.25) is 9.69 Å². The van der Waals surface area contributed by atoms with Crippen molar-refractivity contribution in [3.8, 4) is 0 Å². The molecule has 0 unspecified atom stereocenters. The minimum atomic E-state index is -0.598. The van der Waals surface area contributed by atoms with Gasteiger partial charge in [-0.05, 0) is 12.1 Å². The van der Waals surface area contributed by atoms with Gasteiger partial charge in [0, 0.05) is 38.2 Å². The number of hydrogen-bond donors (Lipinski definition) is 1. The van der Waals surface area contributed by atoms with Gasteiger partial charge in [0.2, 0.25) is 6.10 Å². The molecule has 0 aliphatic carbocycles. The maximum Gasteiger partial charge on any atom is 0.264 e. The van der Waals surface area contributed by atoms with Crippen molar-refractivity contribution in [1.82, 2.24) is 10.2 Å². The highest BCUT2D eigenvalue weighted by molar-refractivity contribution is 6.42. The van der Waals surface area contributed by atoms with Crippen molar-refractivity contribution in [2.45, 2.75) is 12.5 Å². The van der Waals surface area contributed by atoms with Crippen molar-refractivity contribution in [3.63, 3.8) is 0 Å². The molecule has 2 aliphatic heterocycles. The summed E-state index contributed by atoms with van der Waals surface area (Å²) in [5.41, 5.74) is 1.51. The standard InChI is InChI=1S/C16H19Cl2N3O3/c17-12-2-1-11(9-13(12)18)14-10-15(24-20-14)16(22)19-3-4-21-5-7-23-8-6-21/h1-2,9,15H,3-8,10H2,(H,19,22)/t15-/m0/s1. The number of hydrogen-bond acceptors (Lipinski definition) is 5. The fourth-order valence-corrected chi connectivity index (χ4v) is 2.94. The SMILES string of the molecule is O=C(NCCN1CCOCC1)[C@@H]1CC(c2ccc(Cl)c(Cl)c2)=NO1. The molecular weight excluding hydrogens is 353 g/mol. The quantitative estimate of drug-likeness (QED) is 0.858. The van der Waals surface area contributed by atoms with Crippen LogP contribution in [0.2, 0.25) is 10.0 Å². The second-order valence-corrected chi connectivity index (χ2v) is 6.52. The molecule has 1 saturated heterocycles. The van der Waals surface area contributed by atoms with Crippen LogP contribution in [-0.4, -0.2) is 62.0 Å². The molecule has 2 aliphatic rings. The lowest BCUT2D eigenvalue weighted by molar-refractivity contribution is -0.131. The average molecular weight is 372 g/mol. The summed E-state index contributed by atoms with van der Waals surface area (Å²) in [6.07, 6.45) is -0.180. The van der Waals surface area contributed by atoms with Crippen LogP contribution in [0.3, 0.4) is 0 Å². The molecule has 2 heterocycles. The predicted octanol–water partition coefficient (Wildman–Crippen LogP) is 1.93. The van der Waals surface area contributed by atoms with Gasteiger partial charge in [0.25, 0.3) is 5.91 Å². The van der Waals surface area contributed by atoms with Crippen molar-refractivity contribution in [2.75, 3.05) is 39.4 Å². The zero-order valence-electron chi connectivity index (χ0n) is 13.1. The van der Waals surface area contributed by atoms with E-state index in [4.69, 9.17) is 32.8 Å². The Morgan fingerprint density at radius 2 is 2.08 bits per heavy atom. The maximum absolute atomic E-state index is 12.2. The number of halogens is 2. The predicted molar refractivity (Wildman–Crippen MR) is 92.8 cm³/mol. The summed E-state index contributed by atoms with van der Waals surface area (Å²) in [5.74, 6) is -0.151. The smallest absolute Gasteiger partial charge is 0.264 e. The van der Waals surface area contributed by atoms with Crippen molar-refractivity contribution < 1.29 is 14.4 Å². The first-order valence-electron chi connectivity index (χ1n) is 7.89. The molecule has 0 radical (unpaired) electrons. The Kier molecular flexibility index (Phi) is 5.94. The van der Waals surface area contributed by atoms with Gasteiger partial charge in [0.05, 0.1) is 29.0 Å². The fraction of sp³-hybridized carbons (Fsp3) is 0.500. The number of nitrogens with zero attached hydrogens (tertiary/aromatic N) is 2. The average Bonchev–Trinajstić information content (AvgIpc) is 3.08. The van der Waals surface area contributed by atoms with Crippen LogP contribution >= 0.6 is 23.2 Å². The van der Waals surface area contributed by atoms with Crippen molar-refractivity contribution in [2.24, 2.45) is 5.16 Å². The largest absolute Gasteiger partial charge is 0.382 e. The number of morpholine rings is 1. The molecule has 24 heavy (non-hydrogen) atoms. The van der Waals surface area contributed by atoms with Crippen LogP contribution in [0.1, 0.15) is 12.0 Å². The van der Waals surface area contributed by atoms with Crippen LogP contribution in [0, 0.1) is 0 Å². The van der Waals surface area contributed by atoms with E-state index in [1.807, 2.05) is 6.07 Å². The minimum absolute atomic E-state index is 0.151. The molecule has 6 nitrogen and oxygen atoms in total. The number of amides is 1. The molecule has 1 atom stereocenters. The topological polar surface area (TPSA) is 63.2 Å². The number of benzene rings is 1. The molecule has 1 N–H and O–H groups in total. The van der Waals surface area contributed by atoms with E-state index in [0.717, 1.165) is 38.4 Å². The molecule has 8 heteroatoms. The molecule has 1 amide bonds. The molecule has 0 aromatic heterocycles. The highest BCUT2D eigenvalue weighted by Crippen LogP contribution is 2.25. The summed E-state index contributed by atoms with van der Waals surface area (Å²) in [4.78, 5) is 19.7. The third-order valence-electron chi connectivity index (χ3n) is 4.05. The third kappa shape index (κ3) is 4.39. The van der Waals surface area contributed by atoms with Crippen LogP contribution in [-0.2, 0) is 14.4 Å². The number of nitrogens with one attached hydrogen (secondary N) is 1. The monoisotopic (exact) mass is 371 g/mol. The van der Waals surface area contributed by atoms with Gasteiger partial charge >= 0.3 is 0 Å². The molecular formula is C16H19Cl2N3O3. The summed E-state index contributed by atoms with van der Waals surface area (Å²) in [6.45, 7) is 4.70. The normalized spacial score (nSPS) is 21.2. The van der Waals surface area contributed by atoms with E-state index in [1.54, 1.807) is 12.1 Å². The second kappa shape index (κ2) is 8.16. The first-order valence-corrected chi connectivity index (χ1v) is 8.65. The summed E-state index contributed by atoms with van der Waals surface area (Å²) < 4.78 is 5.30. The second-order valence-electron chi connectivity index (χ2n) is 5.71. The number of rotatable bonds is 5. The van der Waals surface area contributed by atoms with Crippen LogP contribution in [0.25, 0.3) is 0 Å². The van der Waals surface area contributed by atoms with Gasteiger partial charge < -0.3 is 14.9 Å². The van der Waals surface area contributed by atoms with Gasteiger partial charge in [0.1, 0.15) is 0 Å². The van der Waals surface area contributed by atoms with Gasteiger partial charge in [-0.2, -0.15) is 0 Å². The van der Waals surface area contributed by atoms with E-state index in [1.165, 1.54) is 0 Å². The molecule has 0 saturated carbocycles. The van der Waals surface area contributed by atoms with E-state index in [-0.39, 0.29) is 5.91 Å². The minimum Gasteiger partial charge on any atom is -0.382 e. The lowest BCUT2D eigenvalue weighted by Crippen LogP contribution is -2.43. The van der Waals surface area contributed by atoms with Crippen molar-refractivity contribution in [3.05, 3.63) is 33.8 Å². The van der Waals surface area contributed by atoms with Crippen LogP contribution in [0.4, 0.5) is 0 Å². The Balaban J connectivity index is 1.45. The number of carbonyl (C=O) groups is 1. The molecule has 130 valence electrons. The van der Waals surface area contributed by atoms with Crippen LogP contribution < -0.4 is 5.32 Å². The maximum atomic E-state index is 12.2. The molecule has 3 rings (SSSR count). The molecule has 1 aromatic rings. The Hall–Kier alpha value is -1.34. The zero-order valence-corrected chi connectivity index (χ0v) is 14.6. The number of carbonyl (C=O) groups excluding carboxylic acids is 1. The number of oxime groups is 1. The van der Waals surface area contributed by atoms with Crippen LogP contribution in [0.5, 0.6) is 0 Å². The Morgan fingerprint density at radius 1 is 1.29 bits per heavy atom. The summed E-state index contributed by atoms with van der Waals surface area (Å²) in [7, 11) is 0. The van der Waals surface area contributed by atoms with Crippen molar-refractivity contribution >= 4 is 34.8 Å². The number of ether oxygens (including phenoxy) is 1. The van der Waals surface area contributed by atoms with Gasteiger partial charge in [-0.25, -0.2) is 0 Å². The van der Waals surface area contributed by atoms with E-state index in [2.05, 4.69) is 15.4 Å². The lowest BCUT2D eigenvalue weighted by atomic mass is 10.0. The van der Waals surface area contributed by atoms with Gasteiger partial charge in [0.15, 0.2) is 0 Å². The van der Waals surface area contributed by atoms with Crippen LogP contribution in [0.15, 0.2) is 23.4 Å². The molecule has 0 bridgehead atoms. The fourth-order valence-electron chi connectivity index (χ4n) is 2.64. The van der Waals surface area contributed by atoms with E-state index < -0.39 is 6.10 Å². The molecule has 1 aromatic carbocycles. The highest BCUT2D eigenvalue weighted by atomic mass is 35.5. The van der Waals surface area contributed by atoms with E-state index in [9.17, 15) is 4.79 Å². The van der Waals surface area contributed by atoms with Gasteiger partial charge in [-0.1, -0.05) is 34.4 Å². The van der Waals surface area contributed by atoms with Gasteiger partial charge in [-0.15, -0.1) is 0 Å². The Morgan fingerprint density at radius 3 is 2.83 bits per heavy atom. The first kappa shape index (κ1) is 17.5. The highest BCUT2D eigenvalue weighted by Gasteiger charge is 2.29. The zero-order chi connectivity index (χ0) is 16.9. The molecule has 1 fully saturated rings. The van der Waals surface area contributed by atoms with E-state index in [0.29, 0.717) is 28.7 Å². The van der Waals surface area contributed by atoms with Crippen molar-refractivity contribution in [1.29, 1.82) is 0 Å². The Bertz CT molecular complexity index is 633. The third-order valence-corrected chi connectivity index (χ3v) is 4.78.